The lowest BCUT2D eigenvalue weighted by atomic mass is 9.90. The standard InChI is InChI=1S/C13H15Cl2N/c14-12-6-2-4-10(13(12)15)7-9-3-1-5-11(16)8-9/h2,4,6-7,11H,1,3,5,8,16H2/b9-7-. The van der Waals surface area contributed by atoms with Crippen molar-refractivity contribution in [2.24, 2.45) is 5.73 Å². The van der Waals surface area contributed by atoms with E-state index < -0.39 is 0 Å². The van der Waals surface area contributed by atoms with E-state index in [1.165, 1.54) is 12.0 Å². The normalized spacial score (nSPS) is 23.7. The molecule has 0 heterocycles. The van der Waals surface area contributed by atoms with Crippen LogP contribution in [0.15, 0.2) is 23.8 Å². The molecule has 2 rings (SSSR count). The number of hydrogen-bond donors (Lipinski definition) is 1. The van der Waals surface area contributed by atoms with Crippen molar-refractivity contribution >= 4 is 29.3 Å². The van der Waals surface area contributed by atoms with Crippen molar-refractivity contribution in [1.29, 1.82) is 0 Å². The van der Waals surface area contributed by atoms with Gasteiger partial charge in [0.2, 0.25) is 0 Å². The summed E-state index contributed by atoms with van der Waals surface area (Å²) in [6.07, 6.45) is 6.53. The minimum atomic E-state index is 0.304. The molecule has 1 unspecified atom stereocenters. The molecule has 2 N–H and O–H groups in total. The van der Waals surface area contributed by atoms with Crippen LogP contribution in [0.2, 0.25) is 10.0 Å². The summed E-state index contributed by atoms with van der Waals surface area (Å²) in [6.45, 7) is 0. The largest absolute Gasteiger partial charge is 0.327 e. The lowest BCUT2D eigenvalue weighted by molar-refractivity contribution is 0.520. The molecule has 1 atom stereocenters. The van der Waals surface area contributed by atoms with E-state index in [-0.39, 0.29) is 0 Å². The van der Waals surface area contributed by atoms with Gasteiger partial charge in [0.1, 0.15) is 0 Å². The molecule has 1 nitrogen and oxygen atoms in total. The smallest absolute Gasteiger partial charge is 0.0664 e. The first-order chi connectivity index (χ1) is 7.66. The van der Waals surface area contributed by atoms with Gasteiger partial charge < -0.3 is 5.73 Å². The topological polar surface area (TPSA) is 26.0 Å². The number of nitrogens with two attached hydrogens (primary N) is 1. The Morgan fingerprint density at radius 1 is 1.31 bits per heavy atom. The summed E-state index contributed by atoms with van der Waals surface area (Å²) in [6, 6.07) is 6.02. The predicted octanol–water partition coefficient (Wildman–Crippen LogP) is 4.28. The van der Waals surface area contributed by atoms with Gasteiger partial charge in [0, 0.05) is 6.04 Å². The Bertz CT molecular complexity index is 412. The van der Waals surface area contributed by atoms with Gasteiger partial charge in [-0.05, 0) is 37.3 Å². The van der Waals surface area contributed by atoms with Crippen LogP contribution in [0.4, 0.5) is 0 Å². The highest BCUT2D eigenvalue weighted by Crippen LogP contribution is 2.30. The average molecular weight is 256 g/mol. The Balaban J connectivity index is 2.24. The van der Waals surface area contributed by atoms with Crippen LogP contribution in [0.3, 0.4) is 0 Å². The summed E-state index contributed by atoms with van der Waals surface area (Å²) in [4.78, 5) is 0. The summed E-state index contributed by atoms with van der Waals surface area (Å²) >= 11 is 12.1. The Kier molecular flexibility index (Phi) is 3.91. The highest BCUT2D eigenvalue weighted by Gasteiger charge is 2.13. The summed E-state index contributed by atoms with van der Waals surface area (Å²) in [5, 5.41) is 1.24. The van der Waals surface area contributed by atoms with Crippen LogP contribution in [0.1, 0.15) is 31.2 Å². The summed E-state index contributed by atoms with van der Waals surface area (Å²) in [5.41, 5.74) is 8.32. The molecule has 1 aliphatic carbocycles. The number of hydrogen-bond acceptors (Lipinski definition) is 1. The number of benzene rings is 1. The summed E-state index contributed by atoms with van der Waals surface area (Å²) < 4.78 is 0. The molecular weight excluding hydrogens is 241 g/mol. The van der Waals surface area contributed by atoms with Crippen LogP contribution in [-0.2, 0) is 0 Å². The third kappa shape index (κ3) is 2.79. The summed E-state index contributed by atoms with van der Waals surface area (Å²) in [5.74, 6) is 0. The Morgan fingerprint density at radius 2 is 2.12 bits per heavy atom. The molecule has 0 radical (unpaired) electrons. The molecule has 3 heteroatoms. The Labute approximate surface area is 106 Å². The van der Waals surface area contributed by atoms with Crippen LogP contribution in [0, 0.1) is 0 Å². The molecule has 0 aliphatic heterocycles. The summed E-state index contributed by atoms with van der Waals surface area (Å²) in [7, 11) is 0. The van der Waals surface area contributed by atoms with E-state index >= 15 is 0 Å². The van der Waals surface area contributed by atoms with Crippen LogP contribution in [-0.4, -0.2) is 6.04 Å². The zero-order valence-corrected chi connectivity index (χ0v) is 10.6. The van der Waals surface area contributed by atoms with Gasteiger partial charge in [-0.2, -0.15) is 0 Å². The van der Waals surface area contributed by atoms with E-state index in [4.69, 9.17) is 28.9 Å². The van der Waals surface area contributed by atoms with Gasteiger partial charge in [-0.15, -0.1) is 0 Å². The minimum Gasteiger partial charge on any atom is -0.327 e. The second kappa shape index (κ2) is 5.22. The molecule has 0 spiro atoms. The van der Waals surface area contributed by atoms with E-state index in [1.54, 1.807) is 6.07 Å². The number of rotatable bonds is 1. The third-order valence-electron chi connectivity index (χ3n) is 2.94. The highest BCUT2D eigenvalue weighted by atomic mass is 35.5. The fraction of sp³-hybridized carbons (Fsp3) is 0.385. The van der Waals surface area contributed by atoms with Crippen molar-refractivity contribution in [1.82, 2.24) is 0 Å². The first kappa shape index (κ1) is 12.0. The van der Waals surface area contributed by atoms with Crippen molar-refractivity contribution in [3.05, 3.63) is 39.4 Å². The van der Waals surface area contributed by atoms with Gasteiger partial charge in [0.25, 0.3) is 0 Å². The Morgan fingerprint density at radius 3 is 2.88 bits per heavy atom. The van der Waals surface area contributed by atoms with Crippen molar-refractivity contribution in [3.63, 3.8) is 0 Å². The second-order valence-corrected chi connectivity index (χ2v) is 5.09. The molecular formula is C13H15Cl2N. The van der Waals surface area contributed by atoms with Gasteiger partial charge in [-0.1, -0.05) is 47.0 Å². The lowest BCUT2D eigenvalue weighted by Crippen LogP contribution is -2.23. The van der Waals surface area contributed by atoms with Crippen molar-refractivity contribution in [2.45, 2.75) is 31.7 Å². The van der Waals surface area contributed by atoms with E-state index in [0.717, 1.165) is 24.8 Å². The van der Waals surface area contributed by atoms with Crippen molar-refractivity contribution in [3.8, 4) is 0 Å². The first-order valence-electron chi connectivity index (χ1n) is 5.56. The monoisotopic (exact) mass is 255 g/mol. The van der Waals surface area contributed by atoms with E-state index in [2.05, 4.69) is 6.08 Å². The van der Waals surface area contributed by atoms with E-state index in [0.29, 0.717) is 16.1 Å². The van der Waals surface area contributed by atoms with Crippen molar-refractivity contribution < 1.29 is 0 Å². The molecule has 1 aliphatic rings. The maximum atomic E-state index is 6.14. The fourth-order valence-electron chi connectivity index (χ4n) is 2.12. The van der Waals surface area contributed by atoms with Gasteiger partial charge in [-0.3, -0.25) is 0 Å². The van der Waals surface area contributed by atoms with Gasteiger partial charge in [0.15, 0.2) is 0 Å². The molecule has 16 heavy (non-hydrogen) atoms. The van der Waals surface area contributed by atoms with Gasteiger partial charge >= 0.3 is 0 Å². The molecule has 0 saturated heterocycles. The molecule has 86 valence electrons. The third-order valence-corrected chi connectivity index (χ3v) is 3.77. The van der Waals surface area contributed by atoms with E-state index in [1.807, 2.05) is 12.1 Å². The maximum Gasteiger partial charge on any atom is 0.0664 e. The Hall–Kier alpha value is -0.500. The van der Waals surface area contributed by atoms with Crippen LogP contribution < -0.4 is 5.73 Å². The molecule has 1 aromatic rings. The quantitative estimate of drug-likeness (QED) is 0.797. The predicted molar refractivity (Wildman–Crippen MR) is 70.9 cm³/mol. The minimum absolute atomic E-state index is 0.304. The van der Waals surface area contributed by atoms with Crippen LogP contribution >= 0.6 is 23.2 Å². The maximum absolute atomic E-state index is 6.14. The molecule has 0 aromatic heterocycles. The second-order valence-electron chi connectivity index (χ2n) is 4.30. The molecule has 1 saturated carbocycles. The van der Waals surface area contributed by atoms with E-state index in [9.17, 15) is 0 Å². The molecule has 0 amide bonds. The average Bonchev–Trinajstić information content (AvgIpc) is 2.25. The van der Waals surface area contributed by atoms with Crippen LogP contribution in [0.5, 0.6) is 0 Å². The van der Waals surface area contributed by atoms with Crippen LogP contribution in [0.25, 0.3) is 6.08 Å². The zero-order valence-electron chi connectivity index (χ0n) is 9.05. The lowest BCUT2D eigenvalue weighted by Gasteiger charge is -2.20. The fourth-order valence-corrected chi connectivity index (χ4v) is 2.48. The van der Waals surface area contributed by atoms with Crippen molar-refractivity contribution in [2.75, 3.05) is 0 Å². The molecule has 0 bridgehead atoms. The van der Waals surface area contributed by atoms with Gasteiger partial charge in [0.05, 0.1) is 10.0 Å². The first-order valence-corrected chi connectivity index (χ1v) is 6.31. The molecule has 1 aromatic carbocycles. The highest BCUT2D eigenvalue weighted by molar-refractivity contribution is 6.42. The number of halogens is 2. The van der Waals surface area contributed by atoms with Gasteiger partial charge in [-0.25, -0.2) is 0 Å². The molecule has 1 fully saturated rings. The SMILES string of the molecule is NC1CCC/C(=C/c2cccc(Cl)c2Cl)C1. The zero-order chi connectivity index (χ0) is 11.5.